The van der Waals surface area contributed by atoms with Crippen molar-refractivity contribution in [3.05, 3.63) is 102 Å². The third-order valence-electron chi connectivity index (χ3n) is 4.53. The molecule has 0 saturated carbocycles. The van der Waals surface area contributed by atoms with E-state index in [-0.39, 0.29) is 18.2 Å². The van der Waals surface area contributed by atoms with Crippen molar-refractivity contribution in [2.24, 2.45) is 5.10 Å². The van der Waals surface area contributed by atoms with Gasteiger partial charge in [0.25, 0.3) is 5.91 Å². The first kappa shape index (κ1) is 21.8. The van der Waals surface area contributed by atoms with Gasteiger partial charge in [0, 0.05) is 5.56 Å². The molecule has 0 unspecified atom stereocenters. The zero-order valence-electron chi connectivity index (χ0n) is 17.3. The Hall–Kier alpha value is -3.93. The molecule has 0 aromatic heterocycles. The second-order valence-corrected chi connectivity index (χ2v) is 6.80. The van der Waals surface area contributed by atoms with Crippen molar-refractivity contribution in [1.82, 2.24) is 10.7 Å². The molecule has 31 heavy (non-hydrogen) atoms. The summed E-state index contributed by atoms with van der Waals surface area (Å²) in [5.74, 6) is 0.244. The summed E-state index contributed by atoms with van der Waals surface area (Å²) in [4.78, 5) is 25.1. The first-order chi connectivity index (χ1) is 15.2. The molecule has 0 aliphatic carbocycles. The van der Waals surface area contributed by atoms with Crippen LogP contribution in [0.1, 0.15) is 40.9 Å². The quantitative estimate of drug-likeness (QED) is 0.408. The molecule has 2 N–H and O–H groups in total. The van der Waals surface area contributed by atoms with Gasteiger partial charge in [-0.3, -0.25) is 9.59 Å². The molecule has 2 amide bonds. The number of ether oxygens (including phenoxy) is 1. The van der Waals surface area contributed by atoms with Crippen molar-refractivity contribution in [3.63, 3.8) is 0 Å². The summed E-state index contributed by atoms with van der Waals surface area (Å²) >= 11 is 0. The Morgan fingerprint density at radius 1 is 0.935 bits per heavy atom. The highest BCUT2D eigenvalue weighted by molar-refractivity contribution is 5.94. The maximum atomic E-state index is 12.6. The van der Waals surface area contributed by atoms with Crippen LogP contribution in [0.15, 0.2) is 90.0 Å². The van der Waals surface area contributed by atoms with Gasteiger partial charge >= 0.3 is 0 Å². The highest BCUT2D eigenvalue weighted by atomic mass is 16.5. The topological polar surface area (TPSA) is 79.8 Å². The van der Waals surface area contributed by atoms with Gasteiger partial charge in [-0.2, -0.15) is 5.10 Å². The highest BCUT2D eigenvalue weighted by Gasteiger charge is 2.19. The minimum absolute atomic E-state index is 0.0587. The van der Waals surface area contributed by atoms with Crippen LogP contribution in [0.3, 0.4) is 0 Å². The third kappa shape index (κ3) is 6.82. The largest absolute Gasteiger partial charge is 0.494 e. The van der Waals surface area contributed by atoms with E-state index in [9.17, 15) is 9.59 Å². The van der Waals surface area contributed by atoms with Crippen molar-refractivity contribution < 1.29 is 14.3 Å². The van der Waals surface area contributed by atoms with E-state index in [1.807, 2.05) is 67.6 Å². The van der Waals surface area contributed by atoms with Crippen molar-refractivity contribution >= 4 is 18.0 Å². The molecule has 3 rings (SSSR count). The molecule has 3 aromatic carbocycles. The lowest BCUT2D eigenvalue weighted by molar-refractivity contribution is -0.121. The van der Waals surface area contributed by atoms with Crippen LogP contribution < -0.4 is 15.5 Å². The zero-order chi connectivity index (χ0) is 21.9. The Bertz CT molecular complexity index is 1000. The number of hydrogen-bond acceptors (Lipinski definition) is 4. The SMILES string of the molecule is CCOc1ccc(/C=N\NC(=O)C[C@H](NC(=O)c2ccccc2)c2ccccc2)cc1. The Balaban J connectivity index is 1.62. The van der Waals surface area contributed by atoms with Gasteiger partial charge in [0.05, 0.1) is 25.3 Å². The standard InChI is InChI=1S/C25H25N3O3/c1-2-31-22-15-13-19(14-16-22)18-26-28-24(29)17-23(20-9-5-3-6-10-20)27-25(30)21-11-7-4-8-12-21/h3-16,18,23H,2,17H2,1H3,(H,27,30)(H,28,29)/b26-18-/t23-/m0/s1. The first-order valence-corrected chi connectivity index (χ1v) is 10.1. The summed E-state index contributed by atoms with van der Waals surface area (Å²) < 4.78 is 5.40. The molecule has 0 heterocycles. The molecule has 0 fully saturated rings. The van der Waals surface area contributed by atoms with Gasteiger partial charge in [-0.1, -0.05) is 48.5 Å². The number of hydrazone groups is 1. The lowest BCUT2D eigenvalue weighted by atomic mass is 10.0. The van der Waals surface area contributed by atoms with E-state index in [4.69, 9.17) is 4.74 Å². The molecule has 6 nitrogen and oxygen atoms in total. The fourth-order valence-electron chi connectivity index (χ4n) is 3.00. The molecule has 3 aromatic rings. The number of amides is 2. The predicted molar refractivity (Wildman–Crippen MR) is 121 cm³/mol. The molecular weight excluding hydrogens is 390 g/mol. The molecule has 0 spiro atoms. The highest BCUT2D eigenvalue weighted by Crippen LogP contribution is 2.17. The normalized spacial score (nSPS) is 11.6. The van der Waals surface area contributed by atoms with E-state index in [0.29, 0.717) is 12.2 Å². The Morgan fingerprint density at radius 2 is 1.58 bits per heavy atom. The second kappa shape index (κ2) is 11.3. The number of hydrogen-bond donors (Lipinski definition) is 2. The van der Waals surface area contributed by atoms with Crippen LogP contribution in [-0.2, 0) is 4.79 Å². The summed E-state index contributed by atoms with van der Waals surface area (Å²) in [6.07, 6.45) is 1.62. The van der Waals surface area contributed by atoms with Gasteiger partial charge in [-0.25, -0.2) is 5.43 Å². The summed E-state index contributed by atoms with van der Waals surface area (Å²) in [7, 11) is 0. The van der Waals surface area contributed by atoms with Gasteiger partial charge < -0.3 is 10.1 Å². The third-order valence-corrected chi connectivity index (χ3v) is 4.53. The predicted octanol–water partition coefficient (Wildman–Crippen LogP) is 4.10. The van der Waals surface area contributed by atoms with Gasteiger partial charge in [-0.15, -0.1) is 0 Å². The van der Waals surface area contributed by atoms with Crippen LogP contribution in [0.4, 0.5) is 0 Å². The number of nitrogens with one attached hydrogen (secondary N) is 2. The van der Waals surface area contributed by atoms with E-state index < -0.39 is 6.04 Å². The van der Waals surface area contributed by atoms with E-state index >= 15 is 0 Å². The molecule has 0 aliphatic rings. The van der Waals surface area contributed by atoms with E-state index in [0.717, 1.165) is 16.9 Å². The van der Waals surface area contributed by atoms with Crippen LogP contribution in [0.2, 0.25) is 0 Å². The fourth-order valence-corrected chi connectivity index (χ4v) is 3.00. The molecule has 158 valence electrons. The summed E-state index contributed by atoms with van der Waals surface area (Å²) in [5.41, 5.74) is 4.75. The number of carbonyl (C=O) groups is 2. The van der Waals surface area contributed by atoms with Crippen LogP contribution in [-0.4, -0.2) is 24.6 Å². The van der Waals surface area contributed by atoms with Crippen LogP contribution in [0, 0.1) is 0 Å². The van der Waals surface area contributed by atoms with Crippen LogP contribution in [0.5, 0.6) is 5.75 Å². The molecule has 0 radical (unpaired) electrons. The Kier molecular flexibility index (Phi) is 7.94. The van der Waals surface area contributed by atoms with Gasteiger partial charge in [-0.05, 0) is 54.4 Å². The molecule has 0 saturated heterocycles. The molecular formula is C25H25N3O3. The monoisotopic (exact) mass is 415 g/mol. The van der Waals surface area contributed by atoms with Crippen molar-refractivity contribution in [2.75, 3.05) is 6.61 Å². The van der Waals surface area contributed by atoms with Crippen LogP contribution in [0.25, 0.3) is 0 Å². The van der Waals surface area contributed by atoms with Crippen molar-refractivity contribution in [2.45, 2.75) is 19.4 Å². The van der Waals surface area contributed by atoms with Gasteiger partial charge in [0.1, 0.15) is 5.75 Å². The van der Waals surface area contributed by atoms with Gasteiger partial charge in [0.2, 0.25) is 5.91 Å². The number of benzene rings is 3. The summed E-state index contributed by atoms with van der Waals surface area (Å²) in [5, 5.41) is 6.96. The molecule has 6 heteroatoms. The number of rotatable bonds is 9. The average molecular weight is 415 g/mol. The Morgan fingerprint density at radius 3 is 2.23 bits per heavy atom. The molecule has 1 atom stereocenters. The maximum Gasteiger partial charge on any atom is 0.251 e. The lowest BCUT2D eigenvalue weighted by Gasteiger charge is -2.18. The zero-order valence-corrected chi connectivity index (χ0v) is 17.3. The smallest absolute Gasteiger partial charge is 0.251 e. The lowest BCUT2D eigenvalue weighted by Crippen LogP contribution is -2.32. The minimum atomic E-state index is -0.477. The summed E-state index contributed by atoms with van der Waals surface area (Å²) in [6, 6.07) is 25.2. The van der Waals surface area contributed by atoms with Crippen molar-refractivity contribution in [1.29, 1.82) is 0 Å². The molecule has 0 aliphatic heterocycles. The summed E-state index contributed by atoms with van der Waals surface area (Å²) in [6.45, 7) is 2.53. The maximum absolute atomic E-state index is 12.6. The Labute approximate surface area is 182 Å². The first-order valence-electron chi connectivity index (χ1n) is 10.1. The number of nitrogens with zero attached hydrogens (tertiary/aromatic N) is 1. The van der Waals surface area contributed by atoms with Crippen LogP contribution >= 0.6 is 0 Å². The average Bonchev–Trinajstić information content (AvgIpc) is 2.81. The fraction of sp³-hybridized carbons (Fsp3) is 0.160. The number of carbonyl (C=O) groups excluding carboxylic acids is 2. The minimum Gasteiger partial charge on any atom is -0.494 e. The van der Waals surface area contributed by atoms with Crippen molar-refractivity contribution in [3.8, 4) is 5.75 Å². The van der Waals surface area contributed by atoms with E-state index in [1.165, 1.54) is 0 Å². The van der Waals surface area contributed by atoms with Gasteiger partial charge in [0.15, 0.2) is 0 Å². The second-order valence-electron chi connectivity index (χ2n) is 6.80. The van der Waals surface area contributed by atoms with E-state index in [2.05, 4.69) is 15.8 Å². The molecule has 0 bridgehead atoms. The van der Waals surface area contributed by atoms with E-state index in [1.54, 1.807) is 30.5 Å².